The third-order valence-electron chi connectivity index (χ3n) is 3.17. The van der Waals surface area contributed by atoms with Gasteiger partial charge in [0, 0.05) is 17.7 Å². The lowest BCUT2D eigenvalue weighted by Gasteiger charge is -2.13. The fraction of sp³-hybridized carbons (Fsp3) is 0.188. The Morgan fingerprint density at radius 1 is 1.13 bits per heavy atom. The Balaban J connectivity index is 2.04. The zero-order chi connectivity index (χ0) is 17.0. The van der Waals surface area contributed by atoms with Crippen molar-refractivity contribution in [3.05, 3.63) is 71.0 Å². The zero-order valence-electron chi connectivity index (χ0n) is 11.8. The minimum atomic E-state index is -4.55. The molecule has 122 valence electrons. The molecule has 2 rings (SSSR count). The molecule has 0 aliphatic heterocycles. The van der Waals surface area contributed by atoms with E-state index in [9.17, 15) is 27.5 Å². The number of amides is 1. The molecule has 0 saturated heterocycles. The summed E-state index contributed by atoms with van der Waals surface area (Å²) in [6.45, 7) is -0.323. The molecule has 0 bridgehead atoms. The summed E-state index contributed by atoms with van der Waals surface area (Å²) in [4.78, 5) is 11.9. The van der Waals surface area contributed by atoms with Crippen LogP contribution in [0.15, 0.2) is 48.5 Å². The number of carbonyl (C=O) groups is 1. The van der Waals surface area contributed by atoms with Crippen LogP contribution in [-0.4, -0.2) is 17.6 Å². The molecule has 0 saturated carbocycles. The first kappa shape index (κ1) is 17.0. The number of rotatable bonds is 4. The van der Waals surface area contributed by atoms with Crippen molar-refractivity contribution in [2.75, 3.05) is 6.54 Å². The minimum absolute atomic E-state index is 0.00292. The third kappa shape index (κ3) is 4.29. The molecule has 1 unspecified atom stereocenters. The van der Waals surface area contributed by atoms with E-state index in [2.05, 4.69) is 5.32 Å². The lowest BCUT2D eigenvalue weighted by Crippen LogP contribution is -2.29. The van der Waals surface area contributed by atoms with Crippen LogP contribution in [0.4, 0.5) is 17.6 Å². The number of aliphatic hydroxyl groups excluding tert-OH is 1. The fourth-order valence-corrected chi connectivity index (χ4v) is 1.98. The Hall–Kier alpha value is -2.41. The summed E-state index contributed by atoms with van der Waals surface area (Å²) in [6, 6.07) is 9.40. The van der Waals surface area contributed by atoms with E-state index in [1.165, 1.54) is 24.3 Å². The van der Waals surface area contributed by atoms with E-state index in [1.807, 2.05) is 0 Å². The minimum Gasteiger partial charge on any atom is -0.386 e. The van der Waals surface area contributed by atoms with E-state index in [1.54, 1.807) is 0 Å². The molecule has 0 aliphatic rings. The molecule has 3 nitrogen and oxygen atoms in total. The second kappa shape index (κ2) is 6.78. The Labute approximate surface area is 129 Å². The predicted octanol–water partition coefficient (Wildman–Crippen LogP) is 3.31. The maximum Gasteiger partial charge on any atom is 0.416 e. The fourth-order valence-electron chi connectivity index (χ4n) is 1.98. The number of nitrogens with one attached hydrogen (secondary N) is 1. The number of hydrogen-bond acceptors (Lipinski definition) is 2. The lowest BCUT2D eigenvalue weighted by atomic mass is 10.1. The molecule has 1 amide bonds. The Morgan fingerprint density at radius 3 is 2.48 bits per heavy atom. The summed E-state index contributed by atoms with van der Waals surface area (Å²) in [5.74, 6) is -1.42. The van der Waals surface area contributed by atoms with Gasteiger partial charge in [-0.1, -0.05) is 24.3 Å². The summed E-state index contributed by atoms with van der Waals surface area (Å²) in [6.07, 6.45) is -5.85. The summed E-state index contributed by atoms with van der Waals surface area (Å²) < 4.78 is 51.3. The molecule has 7 heteroatoms. The van der Waals surface area contributed by atoms with Crippen LogP contribution in [0, 0.1) is 5.82 Å². The monoisotopic (exact) mass is 327 g/mol. The van der Waals surface area contributed by atoms with Gasteiger partial charge >= 0.3 is 6.18 Å². The number of halogens is 4. The van der Waals surface area contributed by atoms with E-state index >= 15 is 0 Å². The smallest absolute Gasteiger partial charge is 0.386 e. The molecule has 2 N–H and O–H groups in total. The van der Waals surface area contributed by atoms with Gasteiger partial charge in [-0.2, -0.15) is 13.2 Å². The highest BCUT2D eigenvalue weighted by Crippen LogP contribution is 2.29. The van der Waals surface area contributed by atoms with Crippen molar-refractivity contribution < 1.29 is 27.5 Å². The molecule has 23 heavy (non-hydrogen) atoms. The van der Waals surface area contributed by atoms with E-state index in [-0.39, 0.29) is 17.7 Å². The van der Waals surface area contributed by atoms with Gasteiger partial charge in [0.25, 0.3) is 5.91 Å². The van der Waals surface area contributed by atoms with E-state index < -0.39 is 29.6 Å². The highest BCUT2D eigenvalue weighted by molar-refractivity contribution is 5.94. The molecular weight excluding hydrogens is 314 g/mol. The molecule has 1 atom stereocenters. The maximum absolute atomic E-state index is 13.5. The van der Waals surface area contributed by atoms with Crippen LogP contribution in [0.5, 0.6) is 0 Å². The predicted molar refractivity (Wildman–Crippen MR) is 75.1 cm³/mol. The topological polar surface area (TPSA) is 49.3 Å². The zero-order valence-corrected chi connectivity index (χ0v) is 11.8. The number of hydrogen-bond donors (Lipinski definition) is 2. The molecule has 0 heterocycles. The van der Waals surface area contributed by atoms with Crippen molar-refractivity contribution in [2.45, 2.75) is 12.3 Å². The highest BCUT2D eigenvalue weighted by atomic mass is 19.4. The molecule has 0 radical (unpaired) electrons. The first-order valence-electron chi connectivity index (χ1n) is 6.67. The van der Waals surface area contributed by atoms with Crippen LogP contribution in [0.3, 0.4) is 0 Å². The summed E-state index contributed by atoms with van der Waals surface area (Å²) in [5.41, 5.74) is -1.14. The number of benzene rings is 2. The second-order valence-electron chi connectivity index (χ2n) is 4.83. The molecule has 2 aromatic carbocycles. The van der Waals surface area contributed by atoms with Gasteiger partial charge in [-0.05, 0) is 24.3 Å². The third-order valence-corrected chi connectivity index (χ3v) is 3.17. The van der Waals surface area contributed by atoms with Crippen LogP contribution in [0.25, 0.3) is 0 Å². The maximum atomic E-state index is 13.5. The van der Waals surface area contributed by atoms with Gasteiger partial charge in [0.1, 0.15) is 5.82 Å². The first-order chi connectivity index (χ1) is 10.8. The van der Waals surface area contributed by atoms with Crippen molar-refractivity contribution in [1.82, 2.24) is 5.32 Å². The van der Waals surface area contributed by atoms with Crippen molar-refractivity contribution >= 4 is 5.91 Å². The van der Waals surface area contributed by atoms with Crippen LogP contribution in [0.1, 0.15) is 27.6 Å². The molecule has 2 aromatic rings. The van der Waals surface area contributed by atoms with E-state index in [0.29, 0.717) is 6.07 Å². The van der Waals surface area contributed by atoms with Gasteiger partial charge < -0.3 is 10.4 Å². The number of carbonyl (C=O) groups excluding carboxylic acids is 1. The quantitative estimate of drug-likeness (QED) is 0.847. The summed E-state index contributed by atoms with van der Waals surface area (Å²) >= 11 is 0. The van der Waals surface area contributed by atoms with Gasteiger partial charge in [-0.25, -0.2) is 4.39 Å². The van der Waals surface area contributed by atoms with E-state index in [0.717, 1.165) is 18.2 Å². The molecule has 0 aromatic heterocycles. The summed E-state index contributed by atoms with van der Waals surface area (Å²) in [7, 11) is 0. The van der Waals surface area contributed by atoms with Crippen LogP contribution >= 0.6 is 0 Å². The standard InChI is InChI=1S/C16H13F4NO2/c17-13-7-2-1-6-12(13)14(22)9-21-15(23)10-4-3-5-11(8-10)16(18,19)20/h1-8,14,22H,9H2,(H,21,23). The molecule has 0 spiro atoms. The van der Waals surface area contributed by atoms with E-state index in [4.69, 9.17) is 0 Å². The van der Waals surface area contributed by atoms with Crippen molar-refractivity contribution in [3.8, 4) is 0 Å². The Bertz CT molecular complexity index is 700. The van der Waals surface area contributed by atoms with Gasteiger partial charge in [0.2, 0.25) is 0 Å². The van der Waals surface area contributed by atoms with Crippen molar-refractivity contribution in [1.29, 1.82) is 0 Å². The van der Waals surface area contributed by atoms with Crippen molar-refractivity contribution in [2.24, 2.45) is 0 Å². The summed E-state index contributed by atoms with van der Waals surface area (Å²) in [5, 5.41) is 12.1. The van der Waals surface area contributed by atoms with Gasteiger partial charge in [-0.15, -0.1) is 0 Å². The average Bonchev–Trinajstić information content (AvgIpc) is 2.52. The lowest BCUT2D eigenvalue weighted by molar-refractivity contribution is -0.137. The van der Waals surface area contributed by atoms with Crippen LogP contribution < -0.4 is 5.32 Å². The Morgan fingerprint density at radius 2 is 1.83 bits per heavy atom. The molecular formula is C16H13F4NO2. The molecule has 0 aliphatic carbocycles. The number of aliphatic hydroxyl groups is 1. The SMILES string of the molecule is O=C(NCC(O)c1ccccc1F)c1cccc(C(F)(F)F)c1. The van der Waals surface area contributed by atoms with Gasteiger partial charge in [-0.3, -0.25) is 4.79 Å². The van der Waals surface area contributed by atoms with Gasteiger partial charge in [0.05, 0.1) is 11.7 Å². The first-order valence-corrected chi connectivity index (χ1v) is 6.67. The van der Waals surface area contributed by atoms with Crippen LogP contribution in [0.2, 0.25) is 0 Å². The normalized spacial score (nSPS) is 12.7. The second-order valence-corrected chi connectivity index (χ2v) is 4.83. The average molecular weight is 327 g/mol. The Kier molecular flexibility index (Phi) is 5.00. The number of alkyl halides is 3. The molecule has 0 fully saturated rings. The highest BCUT2D eigenvalue weighted by Gasteiger charge is 2.30. The van der Waals surface area contributed by atoms with Crippen molar-refractivity contribution in [3.63, 3.8) is 0 Å². The van der Waals surface area contributed by atoms with Crippen LogP contribution in [-0.2, 0) is 6.18 Å². The van der Waals surface area contributed by atoms with Gasteiger partial charge in [0.15, 0.2) is 0 Å². The largest absolute Gasteiger partial charge is 0.416 e.